The van der Waals surface area contributed by atoms with Crippen molar-refractivity contribution >= 4 is 29.4 Å². The van der Waals surface area contributed by atoms with Crippen molar-refractivity contribution in [3.8, 4) is 17.1 Å². The first-order chi connectivity index (χ1) is 15.3. The Kier molecular flexibility index (Phi) is 6.83. The number of anilines is 1. The van der Waals surface area contributed by atoms with Crippen LogP contribution in [0.4, 0.5) is 10.5 Å². The first-order valence-corrected chi connectivity index (χ1v) is 9.71. The molecule has 1 aliphatic rings. The van der Waals surface area contributed by atoms with Crippen molar-refractivity contribution in [1.29, 1.82) is 0 Å². The van der Waals surface area contributed by atoms with Crippen molar-refractivity contribution in [2.45, 2.75) is 12.5 Å². The number of aromatic nitrogens is 1. The minimum atomic E-state index is -1.43. The summed E-state index contributed by atoms with van der Waals surface area (Å²) in [6.07, 6.45) is 2.25. The Morgan fingerprint density at radius 3 is 2.69 bits per heavy atom. The number of methoxy groups -OCH3 is 1. The molecule has 0 aliphatic carbocycles. The van der Waals surface area contributed by atoms with E-state index in [0.717, 1.165) is 4.90 Å². The molecule has 1 atom stereocenters. The second kappa shape index (κ2) is 9.73. The van der Waals surface area contributed by atoms with Crippen molar-refractivity contribution in [3.05, 3.63) is 54.7 Å². The van der Waals surface area contributed by atoms with Gasteiger partial charge in [0.05, 0.1) is 19.2 Å². The lowest BCUT2D eigenvalue weighted by atomic mass is 10.0. The Morgan fingerprint density at radius 1 is 1.22 bits per heavy atom. The lowest BCUT2D eigenvalue weighted by Gasteiger charge is -2.33. The van der Waals surface area contributed by atoms with Crippen molar-refractivity contribution in [2.24, 2.45) is 0 Å². The summed E-state index contributed by atoms with van der Waals surface area (Å²) in [5.74, 6) is -1.84. The molecule has 1 aromatic heterocycles. The topological polar surface area (TPSA) is 129 Å². The highest BCUT2D eigenvalue weighted by atomic mass is 16.5. The standard InChI is InChI=1S/C22H22N4O6/c1-25-12-10-17(27)20(21(25)30)26(22(31)23-11-9-19(28)29)15-6-3-5-14(13-15)16-7-4-8-18(24-16)32-2/h3-8,10,12-13,20H,9,11H2,1-2H3,(H,23,31)(H,28,29)/t20-/m0/s1. The summed E-state index contributed by atoms with van der Waals surface area (Å²) in [4.78, 5) is 55.8. The maximum Gasteiger partial charge on any atom is 0.323 e. The van der Waals surface area contributed by atoms with E-state index in [1.165, 1.54) is 31.3 Å². The molecule has 0 radical (unpaired) electrons. The van der Waals surface area contributed by atoms with Gasteiger partial charge in [0.25, 0.3) is 5.91 Å². The number of carboxylic acid groups (broad SMARTS) is 1. The number of amides is 3. The zero-order valence-corrected chi connectivity index (χ0v) is 17.5. The number of benzene rings is 1. The fourth-order valence-corrected chi connectivity index (χ4v) is 3.15. The van der Waals surface area contributed by atoms with Crippen molar-refractivity contribution in [1.82, 2.24) is 15.2 Å². The largest absolute Gasteiger partial charge is 0.481 e. The number of hydrogen-bond donors (Lipinski definition) is 2. The molecule has 1 aliphatic heterocycles. The molecule has 0 saturated heterocycles. The number of carbonyl (C=O) groups excluding carboxylic acids is 3. The third-order valence-electron chi connectivity index (χ3n) is 4.76. The number of rotatable bonds is 7. The van der Waals surface area contributed by atoms with Gasteiger partial charge in [0, 0.05) is 43.2 Å². The molecular weight excluding hydrogens is 416 g/mol. The zero-order chi connectivity index (χ0) is 23.3. The molecule has 1 aromatic carbocycles. The maximum absolute atomic E-state index is 13.0. The van der Waals surface area contributed by atoms with Gasteiger partial charge in [-0.2, -0.15) is 0 Å². The van der Waals surface area contributed by atoms with Gasteiger partial charge in [-0.25, -0.2) is 9.78 Å². The van der Waals surface area contributed by atoms with E-state index in [2.05, 4.69) is 10.3 Å². The van der Waals surface area contributed by atoms with Crippen LogP contribution in [0.15, 0.2) is 54.7 Å². The molecule has 10 nitrogen and oxygen atoms in total. The number of ether oxygens (including phenoxy) is 1. The first-order valence-electron chi connectivity index (χ1n) is 9.71. The second-order valence-electron chi connectivity index (χ2n) is 6.93. The lowest BCUT2D eigenvalue weighted by molar-refractivity contribution is -0.137. The van der Waals surface area contributed by atoms with Gasteiger partial charge in [-0.15, -0.1) is 0 Å². The number of aliphatic carboxylic acids is 1. The number of carbonyl (C=O) groups is 4. The quantitative estimate of drug-likeness (QED) is 0.629. The fourth-order valence-electron chi connectivity index (χ4n) is 3.15. The van der Waals surface area contributed by atoms with E-state index in [-0.39, 0.29) is 18.7 Å². The van der Waals surface area contributed by atoms with Crippen LogP contribution in [-0.2, 0) is 14.4 Å². The lowest BCUT2D eigenvalue weighted by Crippen LogP contribution is -2.57. The molecule has 3 rings (SSSR count). The summed E-state index contributed by atoms with van der Waals surface area (Å²) in [7, 11) is 2.98. The smallest absolute Gasteiger partial charge is 0.323 e. The molecule has 0 spiro atoms. The third-order valence-corrected chi connectivity index (χ3v) is 4.76. The Morgan fingerprint density at radius 2 is 1.97 bits per heavy atom. The highest BCUT2D eigenvalue weighted by molar-refractivity contribution is 6.19. The van der Waals surface area contributed by atoms with E-state index < -0.39 is 29.7 Å². The van der Waals surface area contributed by atoms with Crippen LogP contribution < -0.4 is 15.0 Å². The maximum atomic E-state index is 13.0. The summed E-state index contributed by atoms with van der Waals surface area (Å²) >= 11 is 0. The van der Waals surface area contributed by atoms with Crippen LogP contribution in [0.1, 0.15) is 6.42 Å². The number of carboxylic acids is 1. The van der Waals surface area contributed by atoms with E-state index in [9.17, 15) is 19.2 Å². The number of urea groups is 1. The van der Waals surface area contributed by atoms with Crippen LogP contribution in [-0.4, -0.2) is 65.4 Å². The van der Waals surface area contributed by atoms with E-state index in [1.807, 2.05) is 0 Å². The predicted molar refractivity (Wildman–Crippen MR) is 115 cm³/mol. The van der Waals surface area contributed by atoms with Gasteiger partial charge in [0.1, 0.15) is 0 Å². The molecular formula is C22H22N4O6. The molecule has 32 heavy (non-hydrogen) atoms. The zero-order valence-electron chi connectivity index (χ0n) is 17.5. The summed E-state index contributed by atoms with van der Waals surface area (Å²) in [6.45, 7) is -0.164. The molecule has 10 heteroatoms. The van der Waals surface area contributed by atoms with Crippen LogP contribution in [0, 0.1) is 0 Å². The average molecular weight is 438 g/mol. The Balaban J connectivity index is 2.02. The Bertz CT molecular complexity index is 1080. The predicted octanol–water partition coefficient (Wildman–Crippen LogP) is 1.67. The molecule has 2 N–H and O–H groups in total. The van der Waals surface area contributed by atoms with Crippen LogP contribution in [0.3, 0.4) is 0 Å². The molecule has 3 amide bonds. The number of nitrogens with zero attached hydrogens (tertiary/aromatic N) is 3. The SMILES string of the molecule is COc1cccc(-c2cccc(N(C(=O)NCCC(=O)O)[C@H]3C(=O)C=CN(C)C3=O)c2)n1. The Hall–Kier alpha value is -4.21. The molecule has 0 saturated carbocycles. The molecule has 0 unspecified atom stereocenters. The van der Waals surface area contributed by atoms with Gasteiger partial charge in [-0.05, 0) is 18.2 Å². The van der Waals surface area contributed by atoms with Crippen molar-refractivity contribution in [3.63, 3.8) is 0 Å². The molecule has 0 fully saturated rings. The first kappa shape index (κ1) is 22.5. The molecule has 0 bridgehead atoms. The number of likely N-dealkylation sites (N-methyl/N-ethyl adjacent to an activating group) is 1. The van der Waals surface area contributed by atoms with Gasteiger partial charge in [0.15, 0.2) is 11.8 Å². The van der Waals surface area contributed by atoms with Crippen LogP contribution >= 0.6 is 0 Å². The fraction of sp³-hybridized carbons (Fsp3) is 0.227. The molecule has 2 aromatic rings. The van der Waals surface area contributed by atoms with E-state index in [4.69, 9.17) is 9.84 Å². The highest BCUT2D eigenvalue weighted by Gasteiger charge is 2.39. The number of pyridine rings is 1. The summed E-state index contributed by atoms with van der Waals surface area (Å²) in [5.41, 5.74) is 1.47. The third kappa shape index (κ3) is 4.91. The minimum Gasteiger partial charge on any atom is -0.481 e. The van der Waals surface area contributed by atoms with Crippen molar-refractivity contribution < 1.29 is 29.0 Å². The molecule has 2 heterocycles. The van der Waals surface area contributed by atoms with E-state index in [0.29, 0.717) is 17.1 Å². The van der Waals surface area contributed by atoms with Crippen LogP contribution in [0.5, 0.6) is 5.88 Å². The van der Waals surface area contributed by atoms with E-state index >= 15 is 0 Å². The average Bonchev–Trinajstić information content (AvgIpc) is 2.79. The van der Waals surface area contributed by atoms with Gasteiger partial charge in [-0.1, -0.05) is 18.2 Å². The van der Waals surface area contributed by atoms with Gasteiger partial charge < -0.3 is 20.1 Å². The summed E-state index contributed by atoms with van der Waals surface area (Å²) in [5, 5.41) is 11.3. The second-order valence-corrected chi connectivity index (χ2v) is 6.93. The molecule has 166 valence electrons. The summed E-state index contributed by atoms with van der Waals surface area (Å²) < 4.78 is 5.15. The van der Waals surface area contributed by atoms with E-state index in [1.54, 1.807) is 42.5 Å². The highest BCUT2D eigenvalue weighted by Crippen LogP contribution is 2.27. The van der Waals surface area contributed by atoms with Gasteiger partial charge >= 0.3 is 12.0 Å². The van der Waals surface area contributed by atoms with Crippen molar-refractivity contribution in [2.75, 3.05) is 25.6 Å². The Labute approximate surface area is 184 Å². The van der Waals surface area contributed by atoms with Crippen LogP contribution in [0.25, 0.3) is 11.3 Å². The summed E-state index contributed by atoms with van der Waals surface area (Å²) in [6, 6.07) is 9.65. The minimum absolute atomic E-state index is 0.164. The normalized spacial score (nSPS) is 15.4. The number of ketones is 1. The van der Waals surface area contributed by atoms with Crippen LogP contribution in [0.2, 0.25) is 0 Å². The van der Waals surface area contributed by atoms with Gasteiger partial charge in [0.2, 0.25) is 5.88 Å². The number of nitrogens with one attached hydrogen (secondary N) is 1. The van der Waals surface area contributed by atoms with Gasteiger partial charge in [-0.3, -0.25) is 19.3 Å². The monoisotopic (exact) mass is 438 g/mol. The number of hydrogen-bond acceptors (Lipinski definition) is 6.